The van der Waals surface area contributed by atoms with Gasteiger partial charge >= 0.3 is 11.9 Å². The summed E-state index contributed by atoms with van der Waals surface area (Å²) >= 11 is 0. The van der Waals surface area contributed by atoms with Crippen LogP contribution >= 0.6 is 0 Å². The quantitative estimate of drug-likeness (QED) is 0.385. The molecule has 0 saturated carbocycles. The van der Waals surface area contributed by atoms with E-state index >= 15 is 0 Å². The molecule has 0 radical (unpaired) electrons. The maximum Gasteiger partial charge on any atom is 0.325 e. The number of carboxylic acid groups (broad SMARTS) is 2. The largest absolute Gasteiger partial charge is 0.481 e. The maximum absolute atomic E-state index is 10.2. The van der Waals surface area contributed by atoms with Gasteiger partial charge in [0.25, 0.3) is 10.1 Å². The monoisotopic (exact) mass is 352 g/mol. The Morgan fingerprint density at radius 1 is 1.17 bits per heavy atom. The van der Waals surface area contributed by atoms with Crippen LogP contribution in [-0.2, 0) is 19.7 Å². The van der Waals surface area contributed by atoms with E-state index in [0.29, 0.717) is 0 Å². The van der Waals surface area contributed by atoms with Crippen molar-refractivity contribution in [3.63, 3.8) is 0 Å². The summed E-state index contributed by atoms with van der Waals surface area (Å²) in [4.78, 5) is 20.0. The normalized spacial score (nSPS) is 13.3. The maximum atomic E-state index is 10.2. The zero-order valence-electron chi connectivity index (χ0n) is 13.8. The number of rotatable bonds is 11. The molecule has 0 aliphatic rings. The number of carboxylic acids is 2. The molecular weight excluding hydrogens is 324 g/mol. The molecule has 0 heterocycles. The molecule has 0 bridgehead atoms. The van der Waals surface area contributed by atoms with Gasteiger partial charge in [0.15, 0.2) is 5.25 Å². The van der Waals surface area contributed by atoms with Crippen molar-refractivity contribution >= 4 is 22.1 Å². The minimum absolute atomic E-state index is 0.952. The number of hydrogen-bond acceptors (Lipinski definition) is 4. The summed E-state index contributed by atoms with van der Waals surface area (Å²) in [6.45, 7) is 8.31. The second-order valence-electron chi connectivity index (χ2n) is 5.22. The lowest BCUT2D eigenvalue weighted by atomic mass is 9.94. The van der Waals surface area contributed by atoms with Gasteiger partial charge in [-0.2, -0.15) is 8.42 Å². The van der Waals surface area contributed by atoms with Crippen molar-refractivity contribution in [2.45, 2.75) is 64.0 Å². The van der Waals surface area contributed by atoms with Crippen LogP contribution in [0, 0.1) is 5.92 Å². The lowest BCUT2D eigenvalue weighted by molar-refractivity contribution is -0.143. The molecular formula is C15H28O7S. The highest BCUT2D eigenvalue weighted by molar-refractivity contribution is 7.87. The molecule has 2 atom stereocenters. The third kappa shape index (κ3) is 13.9. The van der Waals surface area contributed by atoms with Crippen LogP contribution in [0.5, 0.6) is 0 Å². The number of carbonyl (C=O) groups is 2. The lowest BCUT2D eigenvalue weighted by Gasteiger charge is -2.12. The third-order valence-electron chi connectivity index (χ3n) is 3.32. The van der Waals surface area contributed by atoms with Crippen LogP contribution in [0.2, 0.25) is 0 Å². The number of hydrogen-bond donors (Lipinski definition) is 3. The van der Waals surface area contributed by atoms with E-state index in [-0.39, 0.29) is 0 Å². The van der Waals surface area contributed by atoms with Crippen molar-refractivity contribution in [1.82, 2.24) is 0 Å². The van der Waals surface area contributed by atoms with Gasteiger partial charge in [0.1, 0.15) is 0 Å². The van der Waals surface area contributed by atoms with Crippen molar-refractivity contribution < 1.29 is 32.8 Å². The highest BCUT2D eigenvalue weighted by atomic mass is 32.2. The Kier molecular flexibility index (Phi) is 13.6. The van der Waals surface area contributed by atoms with Crippen LogP contribution in [-0.4, -0.2) is 40.4 Å². The molecule has 3 N–H and O–H groups in total. The van der Waals surface area contributed by atoms with E-state index in [1.807, 2.05) is 6.08 Å². The summed E-state index contributed by atoms with van der Waals surface area (Å²) in [5.41, 5.74) is 0. The van der Waals surface area contributed by atoms with Crippen molar-refractivity contribution in [1.29, 1.82) is 0 Å². The fourth-order valence-electron chi connectivity index (χ4n) is 1.88. The zero-order valence-corrected chi connectivity index (χ0v) is 14.6. The molecule has 136 valence electrons. The van der Waals surface area contributed by atoms with Crippen molar-refractivity contribution in [2.24, 2.45) is 5.92 Å². The summed E-state index contributed by atoms with van der Waals surface area (Å²) in [5, 5.41) is 13.9. The second-order valence-corrected chi connectivity index (χ2v) is 6.82. The molecule has 0 aliphatic carbocycles. The average Bonchev–Trinajstić information content (AvgIpc) is 2.44. The predicted octanol–water partition coefficient (Wildman–Crippen LogP) is 2.97. The minimum atomic E-state index is -4.84. The van der Waals surface area contributed by atoms with Crippen LogP contribution < -0.4 is 0 Å². The molecule has 2 unspecified atom stereocenters. The topological polar surface area (TPSA) is 129 Å². The Morgan fingerprint density at radius 2 is 1.74 bits per heavy atom. The van der Waals surface area contributed by atoms with E-state index in [4.69, 9.17) is 14.8 Å². The van der Waals surface area contributed by atoms with E-state index in [2.05, 4.69) is 20.4 Å². The Balaban J connectivity index is 0. The molecule has 7 nitrogen and oxygen atoms in total. The van der Waals surface area contributed by atoms with Crippen LogP contribution in [0.25, 0.3) is 0 Å². The average molecular weight is 352 g/mol. The van der Waals surface area contributed by atoms with Gasteiger partial charge in [0, 0.05) is 0 Å². The minimum Gasteiger partial charge on any atom is -0.481 e. The summed E-state index contributed by atoms with van der Waals surface area (Å²) in [6.07, 6.45) is 8.92. The SMILES string of the molecule is C=CCCC(CC)CCCC.O=C(O)CC(C(=O)O)S(=O)(=O)O. The smallest absolute Gasteiger partial charge is 0.325 e. The van der Waals surface area contributed by atoms with E-state index in [0.717, 1.165) is 5.92 Å². The van der Waals surface area contributed by atoms with Crippen molar-refractivity contribution in [2.75, 3.05) is 0 Å². The van der Waals surface area contributed by atoms with Gasteiger partial charge in [0.05, 0.1) is 6.42 Å². The molecule has 0 rings (SSSR count). The standard InChI is InChI=1S/C11H22.C4H6O7S/c1-4-7-9-11(6-3)10-8-5-2;5-3(6)1-2(4(7)8)12(9,10)11/h4,11H,1,5-10H2,2-3H3;2H,1H2,(H,5,6)(H,7,8)(H,9,10,11). The van der Waals surface area contributed by atoms with Gasteiger partial charge in [-0.1, -0.05) is 45.6 Å². The van der Waals surface area contributed by atoms with E-state index in [9.17, 15) is 18.0 Å². The molecule has 0 fully saturated rings. The third-order valence-corrected chi connectivity index (χ3v) is 4.40. The number of allylic oxidation sites excluding steroid dienone is 1. The van der Waals surface area contributed by atoms with Gasteiger partial charge in [-0.15, -0.1) is 6.58 Å². The summed E-state index contributed by atoms with van der Waals surface area (Å²) in [7, 11) is -4.84. The van der Waals surface area contributed by atoms with E-state index in [1.165, 1.54) is 38.5 Å². The molecule has 0 amide bonds. The lowest BCUT2D eigenvalue weighted by Crippen LogP contribution is -2.31. The van der Waals surface area contributed by atoms with Crippen molar-refractivity contribution in [3.8, 4) is 0 Å². The molecule has 8 heteroatoms. The summed E-state index contributed by atoms with van der Waals surface area (Å²) in [5.74, 6) is -2.55. The number of unbranched alkanes of at least 4 members (excludes halogenated alkanes) is 1. The Labute approximate surface area is 138 Å². The van der Waals surface area contributed by atoms with Gasteiger partial charge in [-0.25, -0.2) is 0 Å². The van der Waals surface area contributed by atoms with E-state index < -0.39 is 33.7 Å². The molecule has 0 saturated heterocycles. The highest BCUT2D eigenvalue weighted by Crippen LogP contribution is 2.18. The molecule has 0 aromatic carbocycles. The first-order valence-corrected chi connectivity index (χ1v) is 9.12. The van der Waals surface area contributed by atoms with Crippen LogP contribution in [0.3, 0.4) is 0 Å². The fourth-order valence-corrected chi connectivity index (χ4v) is 2.49. The first-order valence-electron chi connectivity index (χ1n) is 7.61. The first-order chi connectivity index (χ1) is 10.6. The molecule has 23 heavy (non-hydrogen) atoms. The van der Waals surface area contributed by atoms with Gasteiger partial charge in [0.2, 0.25) is 0 Å². The van der Waals surface area contributed by atoms with Crippen molar-refractivity contribution in [3.05, 3.63) is 12.7 Å². The summed E-state index contributed by atoms with van der Waals surface area (Å²) in [6, 6.07) is 0. The van der Waals surface area contributed by atoms with Gasteiger partial charge < -0.3 is 10.2 Å². The Bertz CT molecular complexity index is 456. The van der Waals surface area contributed by atoms with Crippen LogP contribution in [0.15, 0.2) is 12.7 Å². The van der Waals surface area contributed by atoms with Gasteiger partial charge in [-0.3, -0.25) is 14.1 Å². The predicted molar refractivity (Wildman–Crippen MR) is 88.0 cm³/mol. The summed E-state index contributed by atoms with van der Waals surface area (Å²) < 4.78 is 28.7. The number of aliphatic carboxylic acids is 2. The second kappa shape index (κ2) is 13.1. The van der Waals surface area contributed by atoms with E-state index in [1.54, 1.807) is 0 Å². The molecule has 0 aliphatic heterocycles. The first kappa shape index (κ1) is 23.9. The van der Waals surface area contributed by atoms with Crippen LogP contribution in [0.1, 0.15) is 58.8 Å². The Morgan fingerprint density at radius 3 is 2.00 bits per heavy atom. The Hall–Kier alpha value is -1.41. The fraction of sp³-hybridized carbons (Fsp3) is 0.733. The molecule has 0 aromatic heterocycles. The molecule has 0 spiro atoms. The molecule has 0 aromatic rings. The zero-order chi connectivity index (χ0) is 18.5. The van der Waals surface area contributed by atoms with Gasteiger partial charge in [-0.05, 0) is 18.8 Å². The highest BCUT2D eigenvalue weighted by Gasteiger charge is 2.33. The van der Waals surface area contributed by atoms with Crippen LogP contribution in [0.4, 0.5) is 0 Å².